The van der Waals surface area contributed by atoms with Gasteiger partial charge in [-0.15, -0.1) is 0 Å². The predicted molar refractivity (Wildman–Crippen MR) is 131 cm³/mol. The Balaban J connectivity index is 1.29. The summed E-state index contributed by atoms with van der Waals surface area (Å²) < 4.78 is 10.3. The number of thioether (sulfide) groups is 1. The predicted octanol–water partition coefficient (Wildman–Crippen LogP) is 2.75. The molecule has 4 rings (SSSR count). The Labute approximate surface area is 202 Å². The molecule has 2 N–H and O–H groups in total. The number of hydrogen-bond donors (Lipinski definition) is 2. The van der Waals surface area contributed by atoms with Gasteiger partial charge in [-0.05, 0) is 35.4 Å². The van der Waals surface area contributed by atoms with E-state index >= 15 is 0 Å². The fraction of sp³-hybridized carbons (Fsp3) is 0.320. The summed E-state index contributed by atoms with van der Waals surface area (Å²) in [6, 6.07) is 15.5. The average molecular weight is 481 g/mol. The van der Waals surface area contributed by atoms with Crippen LogP contribution in [0.5, 0.6) is 11.5 Å². The van der Waals surface area contributed by atoms with Crippen LogP contribution >= 0.6 is 11.8 Å². The number of carbonyl (C=O) groups excluding carboxylic acids is 1. The minimum Gasteiger partial charge on any atom is -0.497 e. The van der Waals surface area contributed by atoms with Crippen molar-refractivity contribution in [2.45, 2.75) is 31.2 Å². The second-order valence-corrected chi connectivity index (χ2v) is 8.98. The molecule has 1 aromatic heterocycles. The molecule has 8 nitrogen and oxygen atoms in total. The van der Waals surface area contributed by atoms with Crippen LogP contribution in [0.1, 0.15) is 22.4 Å². The first-order valence-corrected chi connectivity index (χ1v) is 12.0. The van der Waals surface area contributed by atoms with Gasteiger partial charge in [0.2, 0.25) is 5.91 Å². The molecule has 1 aliphatic heterocycles. The smallest absolute Gasteiger partial charge is 0.256 e. The fourth-order valence-electron chi connectivity index (χ4n) is 3.78. The number of amides is 1. The van der Waals surface area contributed by atoms with Gasteiger partial charge in [0.05, 0.1) is 31.2 Å². The molecule has 0 fully saturated rings. The summed E-state index contributed by atoms with van der Waals surface area (Å²) in [6.07, 6.45) is 0.701. The van der Waals surface area contributed by atoms with Crippen LogP contribution in [0.25, 0.3) is 0 Å². The normalized spacial score (nSPS) is 13.2. The number of methoxy groups -OCH3 is 2. The first-order valence-electron chi connectivity index (χ1n) is 11.0. The van der Waals surface area contributed by atoms with Gasteiger partial charge in [0, 0.05) is 32.6 Å². The van der Waals surface area contributed by atoms with E-state index in [1.165, 1.54) is 17.3 Å². The number of fused-ring (bicyclic) bond motifs is 1. The number of aromatic amines is 1. The van der Waals surface area contributed by atoms with Gasteiger partial charge in [0.1, 0.15) is 11.5 Å². The lowest BCUT2D eigenvalue weighted by Crippen LogP contribution is -2.35. The Bertz CT molecular complexity index is 1180. The van der Waals surface area contributed by atoms with E-state index in [0.29, 0.717) is 30.2 Å². The van der Waals surface area contributed by atoms with Gasteiger partial charge in [0.15, 0.2) is 5.16 Å². The molecule has 0 saturated heterocycles. The van der Waals surface area contributed by atoms with Gasteiger partial charge < -0.3 is 19.8 Å². The van der Waals surface area contributed by atoms with Crippen molar-refractivity contribution >= 4 is 17.7 Å². The monoisotopic (exact) mass is 480 g/mol. The van der Waals surface area contributed by atoms with Crippen molar-refractivity contribution < 1.29 is 14.3 Å². The summed E-state index contributed by atoms with van der Waals surface area (Å²) in [5.74, 6) is 1.66. The fourth-order valence-corrected chi connectivity index (χ4v) is 4.49. The van der Waals surface area contributed by atoms with E-state index < -0.39 is 0 Å². The summed E-state index contributed by atoms with van der Waals surface area (Å²) >= 11 is 1.24. The molecular formula is C25H28N4O4S. The third-order valence-electron chi connectivity index (χ3n) is 5.68. The van der Waals surface area contributed by atoms with Gasteiger partial charge >= 0.3 is 0 Å². The number of ether oxygens (including phenoxy) is 2. The molecule has 9 heteroatoms. The molecule has 0 atom stereocenters. The Kier molecular flexibility index (Phi) is 7.87. The number of nitrogens with zero attached hydrogens (tertiary/aromatic N) is 2. The highest BCUT2D eigenvalue weighted by Crippen LogP contribution is 2.20. The van der Waals surface area contributed by atoms with Crippen LogP contribution in [0, 0.1) is 0 Å². The van der Waals surface area contributed by atoms with Gasteiger partial charge in [-0.2, -0.15) is 0 Å². The second-order valence-electron chi connectivity index (χ2n) is 8.02. The molecule has 0 spiro atoms. The molecule has 1 aliphatic rings. The van der Waals surface area contributed by atoms with Crippen LogP contribution in [-0.4, -0.2) is 47.3 Å². The summed E-state index contributed by atoms with van der Waals surface area (Å²) in [6.45, 7) is 2.56. The van der Waals surface area contributed by atoms with Crippen molar-refractivity contribution in [3.05, 3.63) is 81.3 Å². The van der Waals surface area contributed by atoms with E-state index in [9.17, 15) is 9.59 Å². The summed E-state index contributed by atoms with van der Waals surface area (Å²) in [7, 11) is 3.27. The number of H-pyrrole nitrogens is 1. The zero-order chi connectivity index (χ0) is 23.9. The van der Waals surface area contributed by atoms with Crippen molar-refractivity contribution in [1.82, 2.24) is 20.2 Å². The highest BCUT2D eigenvalue weighted by atomic mass is 32.2. The zero-order valence-corrected chi connectivity index (χ0v) is 20.1. The molecule has 34 heavy (non-hydrogen) atoms. The number of aromatic nitrogens is 2. The first-order chi connectivity index (χ1) is 16.5. The maximum Gasteiger partial charge on any atom is 0.256 e. The molecular weight excluding hydrogens is 452 g/mol. The molecule has 2 aromatic carbocycles. The molecule has 0 saturated carbocycles. The van der Waals surface area contributed by atoms with E-state index in [2.05, 4.69) is 20.2 Å². The Morgan fingerprint density at radius 2 is 1.71 bits per heavy atom. The highest BCUT2D eigenvalue weighted by molar-refractivity contribution is 7.99. The molecule has 0 radical (unpaired) electrons. The van der Waals surface area contributed by atoms with E-state index in [1.807, 2.05) is 48.5 Å². The molecule has 178 valence electrons. The number of nitrogens with one attached hydrogen (secondary N) is 2. The lowest BCUT2D eigenvalue weighted by atomic mass is 10.1. The number of carbonyl (C=O) groups is 1. The summed E-state index contributed by atoms with van der Waals surface area (Å²) in [5, 5.41) is 3.36. The van der Waals surface area contributed by atoms with Crippen LogP contribution in [0.4, 0.5) is 0 Å². The molecule has 2 heterocycles. The summed E-state index contributed by atoms with van der Waals surface area (Å²) in [4.78, 5) is 34.7. The lowest BCUT2D eigenvalue weighted by Gasteiger charge is -2.27. The van der Waals surface area contributed by atoms with E-state index in [-0.39, 0.29) is 17.2 Å². The standard InChI is InChI=1S/C25H28N4O4S/c1-32-19-7-3-17(4-8-19)13-26-23(30)16-34-25-27-22-11-12-29(15-21(22)24(31)28-25)14-18-5-9-20(33-2)10-6-18/h3-10H,11-16H2,1-2H3,(H,26,30)(H,27,28,31). The van der Waals surface area contributed by atoms with Crippen LogP contribution in [0.3, 0.4) is 0 Å². The molecule has 0 bridgehead atoms. The van der Waals surface area contributed by atoms with E-state index in [0.717, 1.165) is 35.8 Å². The van der Waals surface area contributed by atoms with E-state index in [1.54, 1.807) is 14.2 Å². The van der Waals surface area contributed by atoms with Crippen LogP contribution in [0.15, 0.2) is 58.5 Å². The average Bonchev–Trinajstić information content (AvgIpc) is 2.87. The number of rotatable bonds is 9. The zero-order valence-electron chi connectivity index (χ0n) is 19.3. The molecule has 0 aliphatic carbocycles. The Morgan fingerprint density at radius 3 is 2.35 bits per heavy atom. The maximum atomic E-state index is 12.7. The van der Waals surface area contributed by atoms with Crippen LogP contribution in [0.2, 0.25) is 0 Å². The maximum absolute atomic E-state index is 12.7. The van der Waals surface area contributed by atoms with Crippen molar-refractivity contribution in [2.75, 3.05) is 26.5 Å². The number of benzene rings is 2. The Hall–Kier alpha value is -3.30. The van der Waals surface area contributed by atoms with Crippen molar-refractivity contribution in [2.24, 2.45) is 0 Å². The quantitative estimate of drug-likeness (QED) is 0.359. The van der Waals surface area contributed by atoms with Crippen molar-refractivity contribution in [3.63, 3.8) is 0 Å². The topological polar surface area (TPSA) is 96.5 Å². The van der Waals surface area contributed by atoms with Gasteiger partial charge in [-0.25, -0.2) is 4.98 Å². The first kappa shape index (κ1) is 23.8. The number of hydrogen-bond acceptors (Lipinski definition) is 7. The SMILES string of the molecule is COc1ccc(CNC(=O)CSc2nc3c(c(=O)[nH]2)CN(Cc2ccc(OC)cc2)CC3)cc1. The molecule has 0 unspecified atom stereocenters. The largest absolute Gasteiger partial charge is 0.497 e. The van der Waals surface area contributed by atoms with Crippen molar-refractivity contribution in [1.29, 1.82) is 0 Å². The van der Waals surface area contributed by atoms with Gasteiger partial charge in [0.25, 0.3) is 5.56 Å². The van der Waals surface area contributed by atoms with Crippen molar-refractivity contribution in [3.8, 4) is 11.5 Å². The summed E-state index contributed by atoms with van der Waals surface area (Å²) in [5.41, 5.74) is 3.54. The third-order valence-corrected chi connectivity index (χ3v) is 6.55. The molecule has 1 amide bonds. The van der Waals surface area contributed by atoms with Crippen LogP contribution in [-0.2, 0) is 30.8 Å². The Morgan fingerprint density at radius 1 is 1.06 bits per heavy atom. The van der Waals surface area contributed by atoms with Gasteiger partial charge in [-0.3, -0.25) is 14.5 Å². The minimum atomic E-state index is -0.134. The lowest BCUT2D eigenvalue weighted by molar-refractivity contribution is -0.118. The second kappa shape index (κ2) is 11.2. The van der Waals surface area contributed by atoms with Gasteiger partial charge in [-0.1, -0.05) is 36.0 Å². The van der Waals surface area contributed by atoms with E-state index in [4.69, 9.17) is 9.47 Å². The minimum absolute atomic E-state index is 0.119. The highest BCUT2D eigenvalue weighted by Gasteiger charge is 2.21. The molecule has 3 aromatic rings. The third kappa shape index (κ3) is 6.18. The van der Waals surface area contributed by atoms with Crippen LogP contribution < -0.4 is 20.3 Å².